The number of benzene rings is 2. The molecule has 1 aliphatic rings. The highest BCUT2D eigenvalue weighted by molar-refractivity contribution is 9.10. The summed E-state index contributed by atoms with van der Waals surface area (Å²) in [5.74, 6) is 0.809. The molecule has 10 heteroatoms. The number of thioether (sulfide) groups is 1. The van der Waals surface area contributed by atoms with Gasteiger partial charge in [0.1, 0.15) is 16.5 Å². The van der Waals surface area contributed by atoms with Crippen LogP contribution in [0.25, 0.3) is 10.9 Å². The average Bonchev–Trinajstić information content (AvgIpc) is 2.78. The average molecular weight is 518 g/mol. The van der Waals surface area contributed by atoms with Crippen molar-refractivity contribution < 1.29 is 9.53 Å². The Hall–Kier alpha value is -2.27. The molecule has 0 saturated carbocycles. The topological polar surface area (TPSA) is 79.4 Å². The molecule has 1 aliphatic heterocycles. The van der Waals surface area contributed by atoms with Crippen molar-refractivity contribution in [2.24, 2.45) is 0 Å². The van der Waals surface area contributed by atoms with Crippen molar-refractivity contribution in [3.63, 3.8) is 0 Å². The van der Waals surface area contributed by atoms with Gasteiger partial charge < -0.3 is 20.3 Å². The summed E-state index contributed by atoms with van der Waals surface area (Å²) in [7, 11) is 0. The summed E-state index contributed by atoms with van der Waals surface area (Å²) < 4.78 is 7.03. The predicted octanol–water partition coefficient (Wildman–Crippen LogP) is 4.42. The standard InChI is InChI=1S/C21H20BrN5O2S2/c22-14-2-1-3-15(10-14)26-20-17-11-16(4-5-18(17)23-13-24-20)25-19(28)12-31-21(30)27-6-8-29-9-7-27/h1-5,10-11,13H,6-9,12H2,(H,25,28)(H,23,24,26). The number of fused-ring (bicyclic) bond motifs is 1. The highest BCUT2D eigenvalue weighted by Crippen LogP contribution is 2.27. The van der Waals surface area contributed by atoms with Crippen molar-refractivity contribution in [2.75, 3.05) is 42.7 Å². The lowest BCUT2D eigenvalue weighted by atomic mass is 10.2. The molecule has 0 spiro atoms. The van der Waals surface area contributed by atoms with Gasteiger partial charge in [0, 0.05) is 34.3 Å². The summed E-state index contributed by atoms with van der Waals surface area (Å²) in [6.45, 7) is 2.88. The monoisotopic (exact) mass is 517 g/mol. The third-order valence-electron chi connectivity index (χ3n) is 4.60. The van der Waals surface area contributed by atoms with E-state index in [0.717, 1.165) is 38.5 Å². The minimum atomic E-state index is -0.113. The van der Waals surface area contributed by atoms with Crippen molar-refractivity contribution in [2.45, 2.75) is 0 Å². The van der Waals surface area contributed by atoms with Crippen LogP contribution in [0, 0.1) is 0 Å². The van der Waals surface area contributed by atoms with Gasteiger partial charge in [-0.05, 0) is 36.4 Å². The molecule has 1 aromatic heterocycles. The van der Waals surface area contributed by atoms with Crippen LogP contribution in [0.1, 0.15) is 0 Å². The molecule has 7 nitrogen and oxygen atoms in total. The van der Waals surface area contributed by atoms with Crippen LogP contribution in [0.3, 0.4) is 0 Å². The van der Waals surface area contributed by atoms with Gasteiger partial charge in [0.25, 0.3) is 0 Å². The largest absolute Gasteiger partial charge is 0.378 e. The molecule has 0 radical (unpaired) electrons. The first-order chi connectivity index (χ1) is 15.1. The number of carbonyl (C=O) groups is 1. The zero-order chi connectivity index (χ0) is 21.6. The van der Waals surface area contributed by atoms with E-state index in [2.05, 4.69) is 41.4 Å². The van der Waals surface area contributed by atoms with Crippen LogP contribution in [-0.4, -0.2) is 57.2 Å². The number of aromatic nitrogens is 2. The molecule has 0 aliphatic carbocycles. The quantitative estimate of drug-likeness (QED) is 0.481. The van der Waals surface area contributed by atoms with Crippen LogP contribution >= 0.6 is 39.9 Å². The Morgan fingerprint density at radius 3 is 2.81 bits per heavy atom. The van der Waals surface area contributed by atoms with E-state index in [4.69, 9.17) is 17.0 Å². The van der Waals surface area contributed by atoms with Gasteiger partial charge in [-0.1, -0.05) is 46.0 Å². The van der Waals surface area contributed by atoms with E-state index in [9.17, 15) is 4.79 Å². The minimum Gasteiger partial charge on any atom is -0.378 e. The van der Waals surface area contributed by atoms with E-state index in [1.54, 1.807) is 0 Å². The summed E-state index contributed by atoms with van der Waals surface area (Å²) in [5.41, 5.74) is 2.37. The van der Waals surface area contributed by atoms with Crippen LogP contribution in [0.2, 0.25) is 0 Å². The number of morpholine rings is 1. The number of halogens is 1. The predicted molar refractivity (Wildman–Crippen MR) is 133 cm³/mol. The molecular formula is C21H20BrN5O2S2. The number of amides is 1. The molecule has 0 bridgehead atoms. The lowest BCUT2D eigenvalue weighted by molar-refractivity contribution is -0.113. The Labute approximate surface area is 198 Å². The van der Waals surface area contributed by atoms with Crippen LogP contribution in [0.4, 0.5) is 17.2 Å². The third-order valence-corrected chi connectivity index (χ3v) is 6.62. The van der Waals surface area contributed by atoms with Crippen LogP contribution in [0.15, 0.2) is 53.3 Å². The highest BCUT2D eigenvalue weighted by Gasteiger charge is 2.15. The number of anilines is 3. The molecule has 0 atom stereocenters. The normalized spacial score (nSPS) is 13.8. The zero-order valence-corrected chi connectivity index (χ0v) is 19.7. The fourth-order valence-electron chi connectivity index (χ4n) is 3.10. The maximum absolute atomic E-state index is 12.5. The number of ether oxygens (including phenoxy) is 1. The maximum Gasteiger partial charge on any atom is 0.234 e. The van der Waals surface area contributed by atoms with Gasteiger partial charge in [0.05, 0.1) is 24.5 Å². The molecule has 2 heterocycles. The molecule has 2 aromatic carbocycles. The summed E-state index contributed by atoms with van der Waals surface area (Å²) in [6, 6.07) is 13.4. The number of carbonyl (C=O) groups excluding carboxylic acids is 1. The Kier molecular flexibility index (Phi) is 7.33. The van der Waals surface area contributed by atoms with Crippen LogP contribution < -0.4 is 10.6 Å². The Morgan fingerprint density at radius 2 is 2.00 bits per heavy atom. The number of nitrogens with one attached hydrogen (secondary N) is 2. The maximum atomic E-state index is 12.5. The van der Waals surface area contributed by atoms with Gasteiger partial charge in [-0.15, -0.1) is 0 Å². The van der Waals surface area contributed by atoms with Crippen molar-refractivity contribution >= 4 is 78.2 Å². The fraction of sp³-hybridized carbons (Fsp3) is 0.238. The second-order valence-corrected chi connectivity index (χ2v) is 9.32. The SMILES string of the molecule is O=C(CSC(=S)N1CCOCC1)Nc1ccc2ncnc(Nc3cccc(Br)c3)c2c1. The van der Waals surface area contributed by atoms with Crippen LogP contribution in [-0.2, 0) is 9.53 Å². The number of nitrogens with zero attached hydrogens (tertiary/aromatic N) is 3. The summed E-state index contributed by atoms with van der Waals surface area (Å²) in [5, 5.41) is 7.07. The molecule has 3 aromatic rings. The highest BCUT2D eigenvalue weighted by atomic mass is 79.9. The third kappa shape index (κ3) is 5.91. The first-order valence-corrected chi connectivity index (χ1v) is 11.8. The first kappa shape index (κ1) is 21.9. The number of hydrogen-bond donors (Lipinski definition) is 2. The van der Waals surface area contributed by atoms with Crippen molar-refractivity contribution in [3.05, 3.63) is 53.3 Å². The molecule has 1 saturated heterocycles. The van der Waals surface area contributed by atoms with Gasteiger partial charge in [0.15, 0.2) is 0 Å². The lowest BCUT2D eigenvalue weighted by Gasteiger charge is -2.28. The second-order valence-electron chi connectivity index (χ2n) is 6.79. The Balaban J connectivity index is 1.43. The number of rotatable bonds is 5. The molecule has 4 rings (SSSR count). The van der Waals surface area contributed by atoms with Gasteiger partial charge in [-0.2, -0.15) is 0 Å². The summed E-state index contributed by atoms with van der Waals surface area (Å²) >= 11 is 10.3. The van der Waals surface area contributed by atoms with E-state index in [1.165, 1.54) is 18.1 Å². The lowest BCUT2D eigenvalue weighted by Crippen LogP contribution is -2.39. The van der Waals surface area contributed by atoms with Gasteiger partial charge in [-0.25, -0.2) is 9.97 Å². The molecule has 1 amide bonds. The van der Waals surface area contributed by atoms with Crippen molar-refractivity contribution in [1.82, 2.24) is 14.9 Å². The fourth-order valence-corrected chi connectivity index (χ4v) is 4.55. The first-order valence-electron chi connectivity index (χ1n) is 9.65. The Bertz CT molecular complexity index is 1110. The summed E-state index contributed by atoms with van der Waals surface area (Å²) in [6.07, 6.45) is 1.52. The molecule has 1 fully saturated rings. The van der Waals surface area contributed by atoms with Crippen LogP contribution in [0.5, 0.6) is 0 Å². The van der Waals surface area contributed by atoms with E-state index in [-0.39, 0.29) is 11.7 Å². The second kappa shape index (κ2) is 10.4. The Morgan fingerprint density at radius 1 is 1.16 bits per heavy atom. The molecule has 0 unspecified atom stereocenters. The molecular weight excluding hydrogens is 498 g/mol. The van der Waals surface area contributed by atoms with Gasteiger partial charge >= 0.3 is 0 Å². The number of hydrogen-bond acceptors (Lipinski definition) is 7. The van der Waals surface area contributed by atoms with Crippen molar-refractivity contribution in [3.8, 4) is 0 Å². The summed E-state index contributed by atoms with van der Waals surface area (Å²) in [4.78, 5) is 23.2. The van der Waals surface area contributed by atoms with E-state index < -0.39 is 0 Å². The molecule has 2 N–H and O–H groups in total. The smallest absolute Gasteiger partial charge is 0.234 e. The molecule has 31 heavy (non-hydrogen) atoms. The number of thiocarbonyl (C=S) groups is 1. The van der Waals surface area contributed by atoms with E-state index in [1.807, 2.05) is 42.5 Å². The zero-order valence-electron chi connectivity index (χ0n) is 16.5. The van der Waals surface area contributed by atoms with E-state index in [0.29, 0.717) is 24.7 Å². The van der Waals surface area contributed by atoms with Gasteiger partial charge in [-0.3, -0.25) is 4.79 Å². The van der Waals surface area contributed by atoms with Gasteiger partial charge in [0.2, 0.25) is 5.91 Å². The molecule has 160 valence electrons. The van der Waals surface area contributed by atoms with E-state index >= 15 is 0 Å². The minimum absolute atomic E-state index is 0.113. The van der Waals surface area contributed by atoms with Crippen molar-refractivity contribution in [1.29, 1.82) is 0 Å².